The first kappa shape index (κ1) is 21.3. The summed E-state index contributed by atoms with van der Waals surface area (Å²) in [6.07, 6.45) is -0.606. The lowest BCUT2D eigenvalue weighted by Gasteiger charge is -2.42. The smallest absolute Gasteiger partial charge is 0.307 e. The number of carboxylic acid groups (broad SMARTS) is 1. The molecule has 156 valence electrons. The molecule has 1 aliphatic rings. The standard InChI is InChI=1S/C21H25NO6S/c1-4-13-5-8-15(9-6-13)29(26,27)22-19-16-11-14(12-18(23)24)7-10-17(16)28-21(2,3)20(19)25/h5-11,19-20,22,25H,4,12H2,1-3H3,(H,23,24). The summed E-state index contributed by atoms with van der Waals surface area (Å²) in [5, 5.41) is 19.9. The van der Waals surface area contributed by atoms with E-state index in [1.54, 1.807) is 44.2 Å². The lowest BCUT2D eigenvalue weighted by molar-refractivity contribution is -0.136. The molecule has 0 amide bonds. The molecule has 2 aromatic carbocycles. The molecule has 7 nitrogen and oxygen atoms in total. The summed E-state index contributed by atoms with van der Waals surface area (Å²) >= 11 is 0. The number of aliphatic carboxylic acids is 1. The van der Waals surface area contributed by atoms with Crippen LogP contribution in [0.5, 0.6) is 5.75 Å². The fourth-order valence-corrected chi connectivity index (χ4v) is 4.62. The number of ether oxygens (including phenoxy) is 1. The second-order valence-corrected chi connectivity index (χ2v) is 9.40. The molecule has 3 N–H and O–H groups in total. The largest absolute Gasteiger partial charge is 0.485 e. The molecule has 0 spiro atoms. The molecule has 8 heteroatoms. The van der Waals surface area contributed by atoms with Gasteiger partial charge in [-0.15, -0.1) is 0 Å². The minimum atomic E-state index is -3.93. The van der Waals surface area contributed by atoms with Crippen molar-refractivity contribution in [3.63, 3.8) is 0 Å². The minimum absolute atomic E-state index is 0.0921. The van der Waals surface area contributed by atoms with E-state index in [-0.39, 0.29) is 11.3 Å². The van der Waals surface area contributed by atoms with Gasteiger partial charge in [0, 0.05) is 5.56 Å². The van der Waals surface area contributed by atoms with E-state index in [0.29, 0.717) is 16.9 Å². The van der Waals surface area contributed by atoms with Crippen molar-refractivity contribution in [2.75, 3.05) is 0 Å². The second kappa shape index (κ2) is 7.78. The van der Waals surface area contributed by atoms with Gasteiger partial charge in [0.1, 0.15) is 17.5 Å². The Morgan fingerprint density at radius 3 is 2.34 bits per heavy atom. The number of sulfonamides is 1. The van der Waals surface area contributed by atoms with Crippen LogP contribution in [0.15, 0.2) is 47.4 Å². The number of aliphatic hydroxyl groups is 1. The Morgan fingerprint density at radius 2 is 1.76 bits per heavy atom. The number of carboxylic acids is 1. The summed E-state index contributed by atoms with van der Waals surface area (Å²) in [7, 11) is -3.93. The number of hydrogen-bond donors (Lipinski definition) is 3. The summed E-state index contributed by atoms with van der Waals surface area (Å²) in [5.41, 5.74) is 0.869. The highest BCUT2D eigenvalue weighted by atomic mass is 32.2. The topological polar surface area (TPSA) is 113 Å². The van der Waals surface area contributed by atoms with Gasteiger partial charge in [-0.3, -0.25) is 4.79 Å². The van der Waals surface area contributed by atoms with Gasteiger partial charge >= 0.3 is 5.97 Å². The zero-order chi connectivity index (χ0) is 21.4. The number of nitrogens with one attached hydrogen (secondary N) is 1. The molecule has 0 saturated carbocycles. The van der Waals surface area contributed by atoms with Crippen molar-refractivity contribution < 1.29 is 28.2 Å². The predicted molar refractivity (Wildman–Crippen MR) is 107 cm³/mol. The van der Waals surface area contributed by atoms with E-state index >= 15 is 0 Å². The normalized spacial score (nSPS) is 20.6. The molecule has 2 atom stereocenters. The van der Waals surface area contributed by atoms with Gasteiger partial charge < -0.3 is 14.9 Å². The third kappa shape index (κ3) is 4.44. The van der Waals surface area contributed by atoms with Crippen LogP contribution in [0, 0.1) is 0 Å². The van der Waals surface area contributed by atoms with Crippen LogP contribution in [0.1, 0.15) is 43.5 Å². The molecule has 1 aliphatic heterocycles. The summed E-state index contributed by atoms with van der Waals surface area (Å²) in [5.74, 6) is -0.598. The summed E-state index contributed by atoms with van der Waals surface area (Å²) in [6, 6.07) is 10.4. The SMILES string of the molecule is CCc1ccc(S(=O)(=O)NC2c3cc(CC(=O)O)ccc3OC(C)(C)C2O)cc1. The molecule has 2 unspecified atom stereocenters. The lowest BCUT2D eigenvalue weighted by Crippen LogP contribution is -2.53. The maximum Gasteiger partial charge on any atom is 0.307 e. The molecule has 0 fully saturated rings. The lowest BCUT2D eigenvalue weighted by atomic mass is 9.86. The van der Waals surface area contributed by atoms with E-state index in [9.17, 15) is 18.3 Å². The monoisotopic (exact) mass is 419 g/mol. The number of benzene rings is 2. The van der Waals surface area contributed by atoms with E-state index in [4.69, 9.17) is 9.84 Å². The fourth-order valence-electron chi connectivity index (χ4n) is 3.40. The van der Waals surface area contributed by atoms with Crippen molar-refractivity contribution in [1.29, 1.82) is 0 Å². The molecule has 0 aromatic heterocycles. The predicted octanol–water partition coefficient (Wildman–Crippen LogP) is 2.43. The van der Waals surface area contributed by atoms with E-state index < -0.39 is 33.7 Å². The van der Waals surface area contributed by atoms with E-state index in [1.165, 1.54) is 12.1 Å². The first-order chi connectivity index (χ1) is 13.5. The molecule has 2 aromatic rings. The first-order valence-corrected chi connectivity index (χ1v) is 10.8. The molecular formula is C21H25NO6S. The first-order valence-electron chi connectivity index (χ1n) is 9.36. The summed E-state index contributed by atoms with van der Waals surface area (Å²) in [6.45, 7) is 5.32. The number of rotatable bonds is 6. The van der Waals surface area contributed by atoms with Crippen molar-refractivity contribution in [1.82, 2.24) is 4.72 Å². The Morgan fingerprint density at radius 1 is 1.14 bits per heavy atom. The highest BCUT2D eigenvalue weighted by Gasteiger charge is 2.44. The van der Waals surface area contributed by atoms with Gasteiger partial charge in [-0.05, 0) is 55.7 Å². The highest BCUT2D eigenvalue weighted by molar-refractivity contribution is 7.89. The average Bonchev–Trinajstić information content (AvgIpc) is 2.65. The Bertz CT molecular complexity index is 1010. The van der Waals surface area contributed by atoms with Crippen molar-refractivity contribution in [2.45, 2.75) is 56.3 Å². The molecule has 1 heterocycles. The van der Waals surface area contributed by atoms with Crippen molar-refractivity contribution in [3.8, 4) is 5.75 Å². The van der Waals surface area contributed by atoms with Crippen LogP contribution in [-0.4, -0.2) is 36.3 Å². The van der Waals surface area contributed by atoms with E-state index in [0.717, 1.165) is 12.0 Å². The average molecular weight is 419 g/mol. The number of carbonyl (C=O) groups is 1. The zero-order valence-electron chi connectivity index (χ0n) is 16.5. The maximum atomic E-state index is 13.0. The number of fused-ring (bicyclic) bond motifs is 1. The van der Waals surface area contributed by atoms with Crippen molar-refractivity contribution in [3.05, 3.63) is 59.2 Å². The Kier molecular flexibility index (Phi) is 5.71. The van der Waals surface area contributed by atoms with E-state index in [2.05, 4.69) is 4.72 Å². The van der Waals surface area contributed by atoms with Crippen LogP contribution in [0.2, 0.25) is 0 Å². The fraction of sp³-hybridized carbons (Fsp3) is 0.381. The Balaban J connectivity index is 2.01. The molecule has 0 aliphatic carbocycles. The third-order valence-corrected chi connectivity index (χ3v) is 6.55. The number of aliphatic hydroxyl groups excluding tert-OH is 1. The van der Waals surface area contributed by atoms with Gasteiger partial charge in [-0.1, -0.05) is 25.1 Å². The number of aryl methyl sites for hydroxylation is 1. The molecule has 3 rings (SSSR count). The maximum absolute atomic E-state index is 13.0. The van der Waals surface area contributed by atoms with Crippen LogP contribution in [-0.2, 0) is 27.7 Å². The van der Waals surface area contributed by atoms with Crippen LogP contribution < -0.4 is 9.46 Å². The molecule has 0 radical (unpaired) electrons. The minimum Gasteiger partial charge on any atom is -0.485 e. The summed E-state index contributed by atoms with van der Waals surface area (Å²) < 4.78 is 34.4. The highest BCUT2D eigenvalue weighted by Crippen LogP contribution is 2.41. The van der Waals surface area contributed by atoms with Gasteiger partial charge in [0.25, 0.3) is 0 Å². The molecule has 0 saturated heterocycles. The molecule has 29 heavy (non-hydrogen) atoms. The zero-order valence-corrected chi connectivity index (χ0v) is 17.4. The van der Waals surface area contributed by atoms with Crippen LogP contribution in [0.3, 0.4) is 0 Å². The van der Waals surface area contributed by atoms with Crippen LogP contribution in [0.4, 0.5) is 0 Å². The van der Waals surface area contributed by atoms with Crippen LogP contribution >= 0.6 is 0 Å². The Labute approximate surface area is 170 Å². The third-order valence-electron chi connectivity index (χ3n) is 5.09. The van der Waals surface area contributed by atoms with Gasteiger partial charge in [-0.2, -0.15) is 0 Å². The van der Waals surface area contributed by atoms with Gasteiger partial charge in [0.05, 0.1) is 17.4 Å². The van der Waals surface area contributed by atoms with Crippen molar-refractivity contribution in [2.24, 2.45) is 0 Å². The molecular weight excluding hydrogens is 394 g/mol. The van der Waals surface area contributed by atoms with Gasteiger partial charge in [-0.25, -0.2) is 13.1 Å². The van der Waals surface area contributed by atoms with Gasteiger partial charge in [0.15, 0.2) is 0 Å². The quantitative estimate of drug-likeness (QED) is 0.663. The van der Waals surface area contributed by atoms with Gasteiger partial charge in [0.2, 0.25) is 10.0 Å². The number of hydrogen-bond acceptors (Lipinski definition) is 5. The summed E-state index contributed by atoms with van der Waals surface area (Å²) in [4.78, 5) is 11.2. The van der Waals surface area contributed by atoms with Crippen LogP contribution in [0.25, 0.3) is 0 Å². The molecule has 0 bridgehead atoms. The Hall–Kier alpha value is -2.42. The second-order valence-electron chi connectivity index (χ2n) is 7.69. The van der Waals surface area contributed by atoms with Crippen molar-refractivity contribution >= 4 is 16.0 Å². The van der Waals surface area contributed by atoms with E-state index in [1.807, 2.05) is 6.92 Å².